The molecule has 0 aliphatic carbocycles. The van der Waals surface area contributed by atoms with Crippen molar-refractivity contribution >= 4 is 55.6 Å². The Morgan fingerprint density at radius 3 is 2.69 bits per heavy atom. The van der Waals surface area contributed by atoms with Crippen LogP contribution in [0.2, 0.25) is 0 Å². The minimum atomic E-state index is -0.985. The van der Waals surface area contributed by atoms with Crippen molar-refractivity contribution < 1.29 is 23.5 Å². The summed E-state index contributed by atoms with van der Waals surface area (Å²) in [4.78, 5) is 35.5. The monoisotopic (exact) mass is 531 g/mol. The van der Waals surface area contributed by atoms with Crippen LogP contribution in [0, 0.1) is 5.82 Å². The second-order valence-electron chi connectivity index (χ2n) is 8.09. The lowest BCUT2D eigenvalue weighted by atomic mass is 9.95. The van der Waals surface area contributed by atoms with Crippen LogP contribution in [0.1, 0.15) is 22.2 Å². The Kier molecular flexibility index (Phi) is 4.82. The van der Waals surface area contributed by atoms with E-state index in [-0.39, 0.29) is 17.3 Å². The maximum absolute atomic E-state index is 13.7. The van der Waals surface area contributed by atoms with Crippen molar-refractivity contribution in [2.75, 3.05) is 4.90 Å². The minimum Gasteiger partial charge on any atom is -0.503 e. The van der Waals surface area contributed by atoms with Crippen molar-refractivity contribution in [3.05, 3.63) is 106 Å². The molecule has 3 aromatic carbocycles. The molecule has 5 aromatic rings. The molecule has 2 aromatic heterocycles. The molecular weight excluding hydrogens is 517 g/mol. The standard InChI is InChI=1S/C26H15BrFN3O4/c27-15-6-9-19-14(10-15)11-20(35-19)23(32)21-22(13-4-2-1-3-5-13)31(25(34)24(21)33)26-29-17-8-7-16(28)12-18(17)30-26/h1-12,22,33H,(H,29,30). The van der Waals surface area contributed by atoms with Gasteiger partial charge < -0.3 is 14.5 Å². The van der Waals surface area contributed by atoms with Crippen LogP contribution in [0.3, 0.4) is 0 Å². The van der Waals surface area contributed by atoms with Crippen LogP contribution in [0.5, 0.6) is 0 Å². The van der Waals surface area contributed by atoms with E-state index in [4.69, 9.17) is 4.42 Å². The first-order chi connectivity index (χ1) is 16.9. The van der Waals surface area contributed by atoms with Gasteiger partial charge in [0.2, 0.25) is 11.7 Å². The highest BCUT2D eigenvalue weighted by Gasteiger charge is 2.46. The highest BCUT2D eigenvalue weighted by atomic mass is 79.9. The maximum atomic E-state index is 13.7. The SMILES string of the molecule is O=C(C1=C(O)C(=O)N(c2nc3ccc(F)cc3[nH]2)C1c1ccccc1)c1cc2cc(Br)ccc2o1. The van der Waals surface area contributed by atoms with Crippen LogP contribution in [0.4, 0.5) is 10.3 Å². The number of H-pyrrole nitrogens is 1. The van der Waals surface area contributed by atoms with Gasteiger partial charge in [0.05, 0.1) is 22.6 Å². The molecular formula is C26H15BrFN3O4. The number of aliphatic hydroxyl groups is 1. The molecule has 0 fully saturated rings. The van der Waals surface area contributed by atoms with Crippen molar-refractivity contribution in [2.45, 2.75) is 6.04 Å². The van der Waals surface area contributed by atoms with E-state index >= 15 is 0 Å². The molecule has 9 heteroatoms. The van der Waals surface area contributed by atoms with Crippen LogP contribution in [0.25, 0.3) is 22.0 Å². The molecule has 2 N–H and O–H groups in total. The Balaban J connectivity index is 1.50. The molecule has 35 heavy (non-hydrogen) atoms. The molecule has 1 aliphatic heterocycles. The summed E-state index contributed by atoms with van der Waals surface area (Å²) in [6.07, 6.45) is 0. The number of anilines is 1. The van der Waals surface area contributed by atoms with E-state index in [1.54, 1.807) is 54.6 Å². The van der Waals surface area contributed by atoms with Gasteiger partial charge in [0.1, 0.15) is 11.4 Å². The number of hydrogen-bond donors (Lipinski definition) is 2. The average Bonchev–Trinajstić information content (AvgIpc) is 3.53. The average molecular weight is 532 g/mol. The number of amides is 1. The number of Topliss-reactive ketones (excluding diaryl/α,β-unsaturated/α-hetero) is 1. The third-order valence-electron chi connectivity index (χ3n) is 5.93. The first kappa shape index (κ1) is 21.3. The lowest BCUT2D eigenvalue weighted by Crippen LogP contribution is -2.31. The second-order valence-corrected chi connectivity index (χ2v) is 9.01. The fourth-order valence-electron chi connectivity index (χ4n) is 4.35. The normalized spacial score (nSPS) is 16.1. The van der Waals surface area contributed by atoms with Crippen molar-refractivity contribution in [1.82, 2.24) is 9.97 Å². The number of hydrogen-bond acceptors (Lipinski definition) is 5. The van der Waals surface area contributed by atoms with Gasteiger partial charge in [-0.1, -0.05) is 46.3 Å². The zero-order valence-electron chi connectivity index (χ0n) is 17.8. The number of fused-ring (bicyclic) bond motifs is 2. The lowest BCUT2D eigenvalue weighted by Gasteiger charge is -2.24. The zero-order chi connectivity index (χ0) is 24.3. The van der Waals surface area contributed by atoms with E-state index in [1.165, 1.54) is 23.1 Å². The molecule has 0 saturated heterocycles. The quantitative estimate of drug-likeness (QED) is 0.277. The number of nitrogens with zero attached hydrogens (tertiary/aromatic N) is 2. The van der Waals surface area contributed by atoms with E-state index in [1.807, 2.05) is 0 Å². The summed E-state index contributed by atoms with van der Waals surface area (Å²) in [5.74, 6) is -2.53. The van der Waals surface area contributed by atoms with Gasteiger partial charge >= 0.3 is 0 Å². The van der Waals surface area contributed by atoms with Gasteiger partial charge in [0.15, 0.2) is 11.5 Å². The number of imidazole rings is 1. The number of benzene rings is 3. The first-order valence-corrected chi connectivity index (χ1v) is 11.4. The van der Waals surface area contributed by atoms with Crippen molar-refractivity contribution in [3.8, 4) is 0 Å². The van der Waals surface area contributed by atoms with Crippen molar-refractivity contribution in [1.29, 1.82) is 0 Å². The van der Waals surface area contributed by atoms with E-state index in [2.05, 4.69) is 25.9 Å². The largest absolute Gasteiger partial charge is 0.503 e. The summed E-state index contributed by atoms with van der Waals surface area (Å²) in [6.45, 7) is 0. The molecule has 1 unspecified atom stereocenters. The van der Waals surface area contributed by atoms with Gasteiger partial charge in [-0.15, -0.1) is 0 Å². The molecule has 3 heterocycles. The van der Waals surface area contributed by atoms with Gasteiger partial charge in [-0.25, -0.2) is 9.37 Å². The first-order valence-electron chi connectivity index (χ1n) is 10.6. The molecule has 6 rings (SSSR count). The summed E-state index contributed by atoms with van der Waals surface area (Å²) >= 11 is 3.39. The van der Waals surface area contributed by atoms with Crippen molar-refractivity contribution in [2.24, 2.45) is 0 Å². The Morgan fingerprint density at radius 1 is 1.09 bits per heavy atom. The fourth-order valence-corrected chi connectivity index (χ4v) is 4.73. The van der Waals surface area contributed by atoms with Crippen LogP contribution >= 0.6 is 15.9 Å². The molecule has 0 spiro atoms. The number of carbonyl (C=O) groups is 2. The molecule has 1 aliphatic rings. The fraction of sp³-hybridized carbons (Fsp3) is 0.0385. The Labute approximate surface area is 205 Å². The molecule has 172 valence electrons. The molecule has 1 atom stereocenters. The van der Waals surface area contributed by atoms with E-state index < -0.39 is 29.3 Å². The van der Waals surface area contributed by atoms with Gasteiger partial charge in [-0.2, -0.15) is 0 Å². The van der Waals surface area contributed by atoms with Gasteiger partial charge in [0, 0.05) is 9.86 Å². The van der Waals surface area contributed by atoms with Gasteiger partial charge in [0.25, 0.3) is 5.91 Å². The van der Waals surface area contributed by atoms with Crippen LogP contribution in [-0.4, -0.2) is 26.8 Å². The van der Waals surface area contributed by atoms with Crippen LogP contribution in [0.15, 0.2) is 93.0 Å². The lowest BCUT2D eigenvalue weighted by molar-refractivity contribution is -0.117. The van der Waals surface area contributed by atoms with Gasteiger partial charge in [-0.3, -0.25) is 14.5 Å². The Bertz CT molecular complexity index is 1690. The Morgan fingerprint density at radius 2 is 1.89 bits per heavy atom. The van der Waals surface area contributed by atoms with E-state index in [0.29, 0.717) is 27.6 Å². The van der Waals surface area contributed by atoms with Gasteiger partial charge in [-0.05, 0) is 48.0 Å². The summed E-state index contributed by atoms with van der Waals surface area (Å²) < 4.78 is 20.3. The number of aromatic nitrogens is 2. The minimum absolute atomic E-state index is 0.0121. The zero-order valence-corrected chi connectivity index (χ0v) is 19.4. The highest BCUT2D eigenvalue weighted by molar-refractivity contribution is 9.10. The maximum Gasteiger partial charge on any atom is 0.296 e. The number of ketones is 1. The Hall–Kier alpha value is -4.24. The number of halogens is 2. The molecule has 0 saturated carbocycles. The molecule has 0 bridgehead atoms. The van der Waals surface area contributed by atoms with E-state index in [0.717, 1.165) is 4.47 Å². The number of carbonyl (C=O) groups excluding carboxylic acids is 2. The number of nitrogens with one attached hydrogen (secondary N) is 1. The third kappa shape index (κ3) is 3.43. The summed E-state index contributed by atoms with van der Waals surface area (Å²) in [5, 5.41) is 11.6. The van der Waals surface area contributed by atoms with Crippen LogP contribution < -0.4 is 4.90 Å². The molecule has 0 radical (unpaired) electrons. The summed E-state index contributed by atoms with van der Waals surface area (Å²) in [7, 11) is 0. The number of aromatic amines is 1. The second kappa shape index (κ2) is 7.92. The summed E-state index contributed by atoms with van der Waals surface area (Å²) in [6, 6.07) is 18.7. The molecule has 1 amide bonds. The summed E-state index contributed by atoms with van der Waals surface area (Å²) in [5.41, 5.74) is 1.75. The smallest absolute Gasteiger partial charge is 0.296 e. The predicted octanol–water partition coefficient (Wildman–Crippen LogP) is 5.99. The highest BCUT2D eigenvalue weighted by Crippen LogP contribution is 2.42. The predicted molar refractivity (Wildman–Crippen MR) is 131 cm³/mol. The third-order valence-corrected chi connectivity index (χ3v) is 6.42. The molecule has 7 nitrogen and oxygen atoms in total. The number of rotatable bonds is 4. The topological polar surface area (TPSA) is 99.4 Å². The number of aliphatic hydroxyl groups excluding tert-OH is 1. The van der Waals surface area contributed by atoms with Crippen molar-refractivity contribution in [3.63, 3.8) is 0 Å². The van der Waals surface area contributed by atoms with E-state index in [9.17, 15) is 19.1 Å². The van der Waals surface area contributed by atoms with Crippen LogP contribution in [-0.2, 0) is 4.79 Å². The number of furan rings is 1.